The summed E-state index contributed by atoms with van der Waals surface area (Å²) in [6.07, 6.45) is 5.91. The average Bonchev–Trinajstić information content (AvgIpc) is 3.44. The zero-order valence-electron chi connectivity index (χ0n) is 33.2. The molecule has 0 N–H and O–H groups in total. The van der Waals surface area contributed by atoms with Crippen molar-refractivity contribution in [2.24, 2.45) is 10.8 Å². The summed E-state index contributed by atoms with van der Waals surface area (Å²) in [6, 6.07) is 27.5. The van der Waals surface area contributed by atoms with Gasteiger partial charge in [-0.2, -0.15) is 13.2 Å². The quantitative estimate of drug-likeness (QED) is 0.179. The highest BCUT2D eigenvalue weighted by atomic mass is 19.4. The fourth-order valence-electron chi connectivity index (χ4n) is 11.4. The standard InChI is InChI=1S/C49H50F3NO3/c1-45(2)28-46(3,4)30-47(29-45)39-25-33(49(50,51)52)17-20-35(39)42-37-26-40(54-5)41(55-6)27-38(37)44-36(43(42)47)21-22-48(56-44,31-13-9-7-10-14-31)32-15-18-34(19-16-32)53-23-11-8-12-24-53/h7,9-10,13-22,25-27H,8,11-12,23-24,28-30H2,1-6H3. The van der Waals surface area contributed by atoms with E-state index in [0.717, 1.165) is 69.2 Å². The van der Waals surface area contributed by atoms with Crippen LogP contribution in [0.1, 0.15) is 99.6 Å². The number of benzene rings is 5. The molecule has 290 valence electrons. The first-order chi connectivity index (χ1) is 26.7. The number of hydrogen-bond acceptors (Lipinski definition) is 4. The molecule has 0 radical (unpaired) electrons. The van der Waals surface area contributed by atoms with Gasteiger partial charge in [0, 0.05) is 46.3 Å². The number of hydrogen-bond donors (Lipinski definition) is 0. The third-order valence-electron chi connectivity index (χ3n) is 12.9. The molecule has 2 aliphatic carbocycles. The summed E-state index contributed by atoms with van der Waals surface area (Å²) in [6.45, 7) is 11.2. The summed E-state index contributed by atoms with van der Waals surface area (Å²) < 4.78 is 63.3. The van der Waals surface area contributed by atoms with Gasteiger partial charge in [-0.05, 0) is 119 Å². The number of methoxy groups -OCH3 is 2. The molecule has 5 aromatic carbocycles. The smallest absolute Gasteiger partial charge is 0.416 e. The van der Waals surface area contributed by atoms with Gasteiger partial charge in [0.25, 0.3) is 0 Å². The van der Waals surface area contributed by atoms with E-state index in [9.17, 15) is 13.2 Å². The normalized spacial score (nSPS) is 21.6. The van der Waals surface area contributed by atoms with Crippen molar-refractivity contribution in [1.82, 2.24) is 0 Å². The van der Waals surface area contributed by atoms with E-state index in [0.29, 0.717) is 30.1 Å². The number of ether oxygens (including phenoxy) is 3. The SMILES string of the molecule is COc1cc2c3c(c4c(c2cc1OC)-c1ccc(C(F)(F)F)cc1C41CC(C)(C)CC(C)(C)C1)C=CC(c1ccccc1)(c1ccc(N2CCCCC2)cc1)O3. The second-order valence-electron chi connectivity index (χ2n) is 18.1. The van der Waals surface area contributed by atoms with Crippen molar-refractivity contribution >= 4 is 22.5 Å². The Balaban J connectivity index is 1.35. The van der Waals surface area contributed by atoms with Gasteiger partial charge in [-0.3, -0.25) is 0 Å². The number of rotatable bonds is 5. The van der Waals surface area contributed by atoms with Crippen LogP contribution < -0.4 is 19.1 Å². The molecule has 2 fully saturated rings. The highest BCUT2D eigenvalue weighted by Gasteiger charge is 2.56. The molecule has 9 rings (SSSR count). The van der Waals surface area contributed by atoms with Crippen molar-refractivity contribution < 1.29 is 27.4 Å². The summed E-state index contributed by atoms with van der Waals surface area (Å²) in [5.74, 6) is 1.79. The van der Waals surface area contributed by atoms with E-state index in [4.69, 9.17) is 14.2 Å². The van der Waals surface area contributed by atoms with Crippen molar-refractivity contribution in [3.63, 3.8) is 0 Å². The molecule has 1 spiro atoms. The summed E-state index contributed by atoms with van der Waals surface area (Å²) in [5.41, 5.74) is 5.03. The van der Waals surface area contributed by atoms with Crippen LogP contribution in [0.5, 0.6) is 17.2 Å². The van der Waals surface area contributed by atoms with Crippen molar-refractivity contribution in [3.05, 3.63) is 124 Å². The van der Waals surface area contributed by atoms with E-state index < -0.39 is 22.8 Å². The van der Waals surface area contributed by atoms with Crippen LogP contribution in [0.25, 0.3) is 28.0 Å². The first-order valence-electron chi connectivity index (χ1n) is 20.0. The zero-order chi connectivity index (χ0) is 39.3. The lowest BCUT2D eigenvalue weighted by atomic mass is 9.52. The van der Waals surface area contributed by atoms with Crippen LogP contribution in [-0.2, 0) is 17.2 Å². The lowest BCUT2D eigenvalue weighted by Gasteiger charge is -2.52. The molecule has 0 aromatic heterocycles. The minimum Gasteiger partial charge on any atom is -0.493 e. The molecular weight excluding hydrogens is 708 g/mol. The van der Waals surface area contributed by atoms with Gasteiger partial charge in [0.05, 0.1) is 19.8 Å². The van der Waals surface area contributed by atoms with Crippen LogP contribution in [0, 0.1) is 10.8 Å². The molecule has 1 saturated heterocycles. The molecule has 1 unspecified atom stereocenters. The van der Waals surface area contributed by atoms with Crippen LogP contribution in [-0.4, -0.2) is 27.3 Å². The lowest BCUT2D eigenvalue weighted by molar-refractivity contribution is -0.137. The minimum absolute atomic E-state index is 0.155. The Labute approximate surface area is 328 Å². The molecular formula is C49H50F3NO3. The molecule has 7 heteroatoms. The van der Waals surface area contributed by atoms with Crippen LogP contribution in [0.2, 0.25) is 0 Å². The van der Waals surface area contributed by atoms with Gasteiger partial charge >= 0.3 is 6.18 Å². The van der Waals surface area contributed by atoms with E-state index in [2.05, 4.69) is 81.1 Å². The molecule has 4 nitrogen and oxygen atoms in total. The first-order valence-corrected chi connectivity index (χ1v) is 20.0. The minimum atomic E-state index is -4.48. The number of anilines is 1. The number of nitrogens with zero attached hydrogens (tertiary/aromatic N) is 1. The van der Waals surface area contributed by atoms with Gasteiger partial charge in [0.1, 0.15) is 5.75 Å². The van der Waals surface area contributed by atoms with Crippen LogP contribution in [0.4, 0.5) is 18.9 Å². The molecule has 1 saturated carbocycles. The number of alkyl halides is 3. The Morgan fingerprint density at radius 2 is 1.32 bits per heavy atom. The van der Waals surface area contributed by atoms with Gasteiger partial charge in [-0.15, -0.1) is 0 Å². The van der Waals surface area contributed by atoms with Gasteiger partial charge in [0.2, 0.25) is 0 Å². The van der Waals surface area contributed by atoms with Gasteiger partial charge in [0.15, 0.2) is 17.1 Å². The Morgan fingerprint density at radius 3 is 1.95 bits per heavy atom. The Morgan fingerprint density at radius 1 is 0.696 bits per heavy atom. The molecule has 2 aliphatic heterocycles. The second-order valence-corrected chi connectivity index (χ2v) is 18.1. The first kappa shape index (κ1) is 36.7. The maximum atomic E-state index is 14.6. The van der Waals surface area contributed by atoms with Gasteiger partial charge < -0.3 is 19.1 Å². The van der Waals surface area contributed by atoms with E-state index in [1.54, 1.807) is 20.3 Å². The van der Waals surface area contributed by atoms with Crippen molar-refractivity contribution in [1.29, 1.82) is 0 Å². The summed E-state index contributed by atoms with van der Waals surface area (Å²) in [7, 11) is 3.24. The molecule has 1 atom stereocenters. The van der Waals surface area contributed by atoms with E-state index in [1.807, 2.05) is 30.3 Å². The maximum Gasteiger partial charge on any atom is 0.416 e. The second kappa shape index (κ2) is 12.8. The molecule has 0 bridgehead atoms. The fourth-order valence-corrected chi connectivity index (χ4v) is 11.4. The van der Waals surface area contributed by atoms with Crippen LogP contribution >= 0.6 is 0 Å². The predicted molar refractivity (Wildman–Crippen MR) is 219 cm³/mol. The Bertz CT molecular complexity index is 2360. The van der Waals surface area contributed by atoms with Gasteiger partial charge in [-0.25, -0.2) is 0 Å². The van der Waals surface area contributed by atoms with Crippen LogP contribution in [0.15, 0.2) is 91.0 Å². The number of halogens is 3. The third-order valence-corrected chi connectivity index (χ3v) is 12.9. The highest BCUT2D eigenvalue weighted by molar-refractivity contribution is 6.09. The van der Waals surface area contributed by atoms with Crippen molar-refractivity contribution in [2.45, 2.75) is 83.4 Å². The monoisotopic (exact) mass is 757 g/mol. The van der Waals surface area contributed by atoms with Gasteiger partial charge in [-0.1, -0.05) is 82.3 Å². The maximum absolute atomic E-state index is 14.6. The molecule has 5 aromatic rings. The molecule has 0 amide bonds. The Kier molecular flexibility index (Phi) is 8.39. The largest absolute Gasteiger partial charge is 0.493 e. The summed E-state index contributed by atoms with van der Waals surface area (Å²) in [4.78, 5) is 2.46. The number of piperidine rings is 1. The molecule has 2 heterocycles. The highest BCUT2D eigenvalue weighted by Crippen LogP contribution is 2.67. The Hall–Kier alpha value is -4.91. The van der Waals surface area contributed by atoms with Crippen molar-refractivity contribution in [2.75, 3.05) is 32.2 Å². The number of fused-ring (bicyclic) bond motifs is 10. The summed E-state index contributed by atoms with van der Waals surface area (Å²) in [5, 5.41) is 1.69. The van der Waals surface area contributed by atoms with Crippen LogP contribution in [0.3, 0.4) is 0 Å². The fraction of sp³-hybridized carbons (Fsp3) is 0.388. The summed E-state index contributed by atoms with van der Waals surface area (Å²) >= 11 is 0. The van der Waals surface area contributed by atoms with E-state index in [-0.39, 0.29) is 10.8 Å². The topological polar surface area (TPSA) is 30.9 Å². The predicted octanol–water partition coefficient (Wildman–Crippen LogP) is 12.7. The lowest BCUT2D eigenvalue weighted by Crippen LogP contribution is -2.44. The average molecular weight is 758 g/mol. The van der Waals surface area contributed by atoms with E-state index >= 15 is 0 Å². The van der Waals surface area contributed by atoms with Crippen molar-refractivity contribution in [3.8, 4) is 28.4 Å². The zero-order valence-corrected chi connectivity index (χ0v) is 33.2. The molecule has 56 heavy (non-hydrogen) atoms. The third kappa shape index (κ3) is 5.70. The molecule has 4 aliphatic rings. The van der Waals surface area contributed by atoms with E-state index in [1.165, 1.54) is 37.1 Å².